The number of hydrogen-bond donors (Lipinski definition) is 0. The first kappa shape index (κ1) is 56.9. The highest BCUT2D eigenvalue weighted by atomic mass is 15.2. The maximum absolute atomic E-state index is 6.66. The predicted octanol–water partition coefficient (Wildman–Crippen LogP) is 23.1. The third-order valence-corrected chi connectivity index (χ3v) is 19.4. The van der Waals surface area contributed by atoms with Crippen molar-refractivity contribution >= 4 is 87.2 Å². The molecule has 0 aliphatic carbocycles. The summed E-state index contributed by atoms with van der Waals surface area (Å²) >= 11 is 0. The number of fused-ring (bicyclic) bond motifs is 12. The second-order valence-corrected chi connectivity index (χ2v) is 29.5. The fraction of sp³-hybridized carbons (Fsp3) is 0.186. The minimum Gasteiger partial charge on any atom is -0.305 e. The van der Waals surface area contributed by atoms with E-state index in [9.17, 15) is 0 Å². The molecule has 0 fully saturated rings. The number of nitrogens with zero attached hydrogens (tertiary/aromatic N) is 6. The number of benzene rings is 10. The Kier molecular flexibility index (Phi) is 12.7. The van der Waals surface area contributed by atoms with Gasteiger partial charge in [-0.3, -0.25) is 9.13 Å². The molecule has 0 N–H and O–H groups in total. The Bertz CT molecular complexity index is 5390. The topological polar surface area (TPSA) is 45.5 Å². The number of hydrogen-bond acceptors (Lipinski definition) is 2. The van der Waals surface area contributed by atoms with Gasteiger partial charge in [-0.15, -0.1) is 0 Å². The van der Waals surface area contributed by atoms with Gasteiger partial charge in [0.2, 0.25) is 0 Å². The Labute approximate surface area is 538 Å². The van der Waals surface area contributed by atoms with Crippen LogP contribution >= 0.6 is 0 Å². The molecule has 6 heteroatoms. The van der Waals surface area contributed by atoms with Crippen LogP contribution in [0.1, 0.15) is 105 Å². The van der Waals surface area contributed by atoms with Crippen molar-refractivity contribution in [1.29, 1.82) is 0 Å². The quantitative estimate of drug-likeness (QED) is 0.160. The molecule has 0 saturated heterocycles. The van der Waals surface area contributed by atoms with E-state index in [4.69, 9.17) is 9.97 Å². The summed E-state index contributed by atoms with van der Waals surface area (Å²) in [7, 11) is 0. The van der Waals surface area contributed by atoms with Crippen LogP contribution in [0.15, 0.2) is 243 Å². The van der Waals surface area contributed by atoms with Crippen LogP contribution in [-0.4, -0.2) is 28.2 Å². The maximum atomic E-state index is 6.66. The Morgan fingerprint density at radius 1 is 0.239 bits per heavy atom. The van der Waals surface area contributed by atoms with Gasteiger partial charge >= 0.3 is 0 Å². The summed E-state index contributed by atoms with van der Waals surface area (Å²) in [5, 5.41) is 9.38. The zero-order valence-electron chi connectivity index (χ0n) is 54.8. The molecule has 10 aromatic carbocycles. The molecule has 6 heterocycles. The van der Waals surface area contributed by atoms with E-state index in [1.54, 1.807) is 0 Å². The molecule has 0 spiro atoms. The van der Waals surface area contributed by atoms with Crippen LogP contribution in [-0.2, 0) is 21.7 Å². The Morgan fingerprint density at radius 2 is 0.543 bits per heavy atom. The molecule has 6 nitrogen and oxygen atoms in total. The van der Waals surface area contributed by atoms with Crippen molar-refractivity contribution in [2.75, 3.05) is 0 Å². The van der Waals surface area contributed by atoms with Gasteiger partial charge in [-0.1, -0.05) is 241 Å². The number of pyridine rings is 2. The SMILES string of the molecule is CC(C)(C)c1ccc2c(c1)c1ccccc1n2-c1nc(-n2c3ccccc3c3cc(C(C)(C)C)ccc32)c(-n2c3ccccc3c3cc(C(C)(C)C)ccc32)c(-c2ccccc2-c2cccc(-c3ccccc3)n2)c1-n1c2ccccc2c2cc(C(C)(C)C)ccc21. The summed E-state index contributed by atoms with van der Waals surface area (Å²) in [4.78, 5) is 12.3. The van der Waals surface area contributed by atoms with Crippen LogP contribution in [0.25, 0.3) is 144 Å². The fourth-order valence-corrected chi connectivity index (χ4v) is 14.5. The minimum atomic E-state index is -0.113. The first-order valence-electron chi connectivity index (χ1n) is 32.6. The highest BCUT2D eigenvalue weighted by Crippen LogP contribution is 2.52. The van der Waals surface area contributed by atoms with Crippen molar-refractivity contribution in [3.8, 4) is 56.7 Å². The van der Waals surface area contributed by atoms with Crippen molar-refractivity contribution < 1.29 is 0 Å². The molecule has 0 saturated carbocycles. The van der Waals surface area contributed by atoms with E-state index in [1.807, 2.05) is 0 Å². The van der Waals surface area contributed by atoms with Gasteiger partial charge in [0, 0.05) is 59.8 Å². The second-order valence-electron chi connectivity index (χ2n) is 29.5. The highest BCUT2D eigenvalue weighted by molar-refractivity contribution is 6.16. The molecule has 0 amide bonds. The van der Waals surface area contributed by atoms with E-state index in [1.165, 1.54) is 54.6 Å². The van der Waals surface area contributed by atoms with Gasteiger partial charge in [0.05, 0.1) is 55.5 Å². The molecule has 92 heavy (non-hydrogen) atoms. The predicted molar refractivity (Wildman–Crippen MR) is 390 cm³/mol. The van der Waals surface area contributed by atoms with Gasteiger partial charge in [-0.2, -0.15) is 0 Å². The average molecular weight is 1190 g/mol. The summed E-state index contributed by atoms with van der Waals surface area (Å²) in [5.74, 6) is 1.59. The van der Waals surface area contributed by atoms with E-state index in [0.29, 0.717) is 0 Å². The van der Waals surface area contributed by atoms with Gasteiger partial charge in [0.25, 0.3) is 0 Å². The monoisotopic (exact) mass is 1190 g/mol. The summed E-state index contributed by atoms with van der Waals surface area (Å²) in [6.07, 6.45) is 0. The zero-order chi connectivity index (χ0) is 63.3. The van der Waals surface area contributed by atoms with Crippen molar-refractivity contribution in [3.05, 3.63) is 265 Å². The Morgan fingerprint density at radius 3 is 0.924 bits per heavy atom. The van der Waals surface area contributed by atoms with Gasteiger partial charge in [-0.25, -0.2) is 9.97 Å². The van der Waals surface area contributed by atoms with Crippen molar-refractivity contribution in [1.82, 2.24) is 28.2 Å². The van der Waals surface area contributed by atoms with Crippen LogP contribution in [0.5, 0.6) is 0 Å². The molecular weight excluding hydrogens is 1120 g/mol. The van der Waals surface area contributed by atoms with Crippen molar-refractivity contribution in [2.24, 2.45) is 0 Å². The zero-order valence-corrected chi connectivity index (χ0v) is 54.8. The molecule has 0 unspecified atom stereocenters. The van der Waals surface area contributed by atoms with E-state index in [-0.39, 0.29) is 21.7 Å². The molecule has 0 bridgehead atoms. The van der Waals surface area contributed by atoms with Crippen LogP contribution in [0.4, 0.5) is 0 Å². The molecule has 0 radical (unpaired) electrons. The first-order valence-corrected chi connectivity index (χ1v) is 32.6. The highest BCUT2D eigenvalue weighted by Gasteiger charge is 2.35. The lowest BCUT2D eigenvalue weighted by Crippen LogP contribution is -2.16. The van der Waals surface area contributed by atoms with Crippen LogP contribution in [0.3, 0.4) is 0 Å². The smallest absolute Gasteiger partial charge is 0.165 e. The summed E-state index contributed by atoms with van der Waals surface area (Å²) in [6.45, 7) is 27.8. The van der Waals surface area contributed by atoms with E-state index in [2.05, 4.69) is 344 Å². The van der Waals surface area contributed by atoms with Crippen LogP contribution in [0.2, 0.25) is 0 Å². The normalized spacial score (nSPS) is 12.8. The molecule has 0 atom stereocenters. The van der Waals surface area contributed by atoms with Crippen molar-refractivity contribution in [3.63, 3.8) is 0 Å². The fourth-order valence-electron chi connectivity index (χ4n) is 14.5. The third kappa shape index (κ3) is 8.96. The lowest BCUT2D eigenvalue weighted by atomic mass is 9.86. The Balaban J connectivity index is 1.22. The van der Waals surface area contributed by atoms with E-state index in [0.717, 1.165) is 112 Å². The standard InChI is InChI=1S/C86H76N6/c1-83(2,3)54-41-45-74-64(49-54)59-30-18-22-37-70(59)89(74)79-78(63-34-17-16-29-58(63)69-36-26-35-68(87-69)53-27-14-13-15-28-53)80(90-71-38-23-19-31-60(71)65-50-55(84(4,5)6)42-46-75(65)90)82(92-73-40-25-21-33-62(73)67-52-57(86(10,11)12)44-48-77(67)92)88-81(79)91-72-39-24-20-32-61(72)66-51-56(85(7,8)9)43-47-76(66)91/h13-52H,1-12H3. The number of para-hydroxylation sites is 4. The molecular formula is C86H76N6. The van der Waals surface area contributed by atoms with E-state index >= 15 is 0 Å². The lowest BCUT2D eigenvalue weighted by molar-refractivity contribution is 0.591. The minimum absolute atomic E-state index is 0.105. The van der Waals surface area contributed by atoms with Crippen molar-refractivity contribution in [2.45, 2.75) is 105 Å². The van der Waals surface area contributed by atoms with Gasteiger partial charge in [0.1, 0.15) is 11.4 Å². The van der Waals surface area contributed by atoms with Crippen LogP contribution < -0.4 is 0 Å². The largest absolute Gasteiger partial charge is 0.305 e. The molecule has 450 valence electrons. The first-order chi connectivity index (χ1) is 44.2. The van der Waals surface area contributed by atoms with Gasteiger partial charge < -0.3 is 9.13 Å². The van der Waals surface area contributed by atoms with Gasteiger partial charge in [-0.05, 0) is 134 Å². The molecule has 16 aromatic rings. The summed E-state index contributed by atoms with van der Waals surface area (Å²) in [5.41, 5.74) is 21.0. The van der Waals surface area contributed by atoms with Gasteiger partial charge in [0.15, 0.2) is 11.6 Å². The molecule has 0 aliphatic rings. The number of aromatic nitrogens is 6. The average Bonchev–Trinajstić information content (AvgIpc) is 1.48. The summed E-state index contributed by atoms with van der Waals surface area (Å²) in [6, 6.07) is 90.7. The second kappa shape index (κ2) is 20.6. The molecule has 6 aromatic heterocycles. The Hall–Kier alpha value is -10.3. The molecule has 16 rings (SSSR count). The third-order valence-electron chi connectivity index (χ3n) is 19.4. The van der Waals surface area contributed by atoms with Crippen LogP contribution in [0, 0.1) is 0 Å². The number of rotatable bonds is 7. The molecule has 0 aliphatic heterocycles. The maximum Gasteiger partial charge on any atom is 0.165 e. The summed E-state index contributed by atoms with van der Waals surface area (Å²) < 4.78 is 10.1. The van der Waals surface area contributed by atoms with E-state index < -0.39 is 0 Å². The lowest BCUT2D eigenvalue weighted by Gasteiger charge is -2.28.